The largest absolute Gasteiger partial charge is 0.320 e. The minimum Gasteiger partial charge on any atom is -0.315 e. The summed E-state index contributed by atoms with van der Waals surface area (Å²) in [5.74, 6) is 4.76. The number of nitrogens with one attached hydrogen (secondary N) is 2. The minimum atomic E-state index is -0.432. The highest BCUT2D eigenvalue weighted by atomic mass is 16.2. The fourth-order valence-corrected chi connectivity index (χ4v) is 0.578. The molecule has 4 N–H and O–H groups in total. The van der Waals surface area contributed by atoms with Crippen LogP contribution in [0.3, 0.4) is 0 Å². The summed E-state index contributed by atoms with van der Waals surface area (Å²) in [7, 11) is 0. The Balaban J connectivity index is 2.55. The number of hydrogen-bond acceptors (Lipinski definition) is 3. The van der Waals surface area contributed by atoms with Crippen molar-refractivity contribution in [3.8, 4) is 0 Å². The van der Waals surface area contributed by atoms with Crippen molar-refractivity contribution >= 4 is 6.03 Å². The second kappa shape index (κ2) is 2.81. The molecule has 10 heavy (non-hydrogen) atoms. The van der Waals surface area contributed by atoms with Crippen LogP contribution in [0.5, 0.6) is 0 Å². The van der Waals surface area contributed by atoms with Gasteiger partial charge in [0.25, 0.3) is 0 Å². The molecular weight excluding hydrogens is 134 g/mol. The highest BCUT2D eigenvalue weighted by molar-refractivity contribution is 5.76. The molecule has 2 amide bonds. The normalized spacial score (nSPS) is 24.4. The summed E-state index contributed by atoms with van der Waals surface area (Å²) in [6.45, 7) is 0. The lowest BCUT2D eigenvalue weighted by Crippen LogP contribution is -2.41. The molecular formula is C4H7N5O. The average Bonchev–Trinajstić information content (AvgIpc) is 1.88. The van der Waals surface area contributed by atoms with Gasteiger partial charge in [-0.3, -0.25) is 0 Å². The third-order valence-corrected chi connectivity index (χ3v) is 0.963. The number of amides is 2. The molecule has 6 nitrogen and oxygen atoms in total. The summed E-state index contributed by atoms with van der Waals surface area (Å²) < 4.78 is 0. The van der Waals surface area contributed by atoms with E-state index in [4.69, 9.17) is 5.84 Å². The van der Waals surface area contributed by atoms with Gasteiger partial charge in [0.05, 0.1) is 0 Å². The van der Waals surface area contributed by atoms with Crippen LogP contribution in [-0.4, -0.2) is 12.2 Å². The molecule has 1 aliphatic heterocycles. The van der Waals surface area contributed by atoms with Gasteiger partial charge in [0.2, 0.25) is 0 Å². The van der Waals surface area contributed by atoms with E-state index in [1.165, 1.54) is 6.20 Å². The Labute approximate surface area is 57.2 Å². The lowest BCUT2D eigenvalue weighted by Gasteiger charge is -2.12. The fraction of sp³-hybridized carbons (Fsp3) is 0.250. The molecule has 0 aromatic heterocycles. The quantitative estimate of drug-likeness (QED) is 0.260. The molecule has 0 radical (unpaired) electrons. The number of urea groups is 1. The van der Waals surface area contributed by atoms with Gasteiger partial charge in [-0.15, -0.1) is 5.11 Å². The smallest absolute Gasteiger partial charge is 0.315 e. The van der Waals surface area contributed by atoms with E-state index in [9.17, 15) is 4.79 Å². The first-order valence-electron chi connectivity index (χ1n) is 2.66. The second-order valence-electron chi connectivity index (χ2n) is 1.65. The topological polar surface area (TPSA) is 91.9 Å². The predicted octanol–water partition coefficient (Wildman–Crippen LogP) is -0.535. The van der Waals surface area contributed by atoms with Crippen LogP contribution < -0.4 is 16.5 Å². The predicted molar refractivity (Wildman–Crippen MR) is 33.6 cm³/mol. The van der Waals surface area contributed by atoms with Gasteiger partial charge in [-0.25, -0.2) is 4.79 Å². The average molecular weight is 141 g/mol. The Bertz CT molecular complexity index is 186. The van der Waals surface area contributed by atoms with Crippen molar-refractivity contribution in [3.05, 3.63) is 12.3 Å². The maximum absolute atomic E-state index is 10.5. The summed E-state index contributed by atoms with van der Waals surface area (Å²) in [5, 5.41) is 11.3. The number of hydrogen-bond donors (Lipinski definition) is 3. The van der Waals surface area contributed by atoms with Crippen molar-refractivity contribution in [3.63, 3.8) is 0 Å². The SMILES string of the molecule is NN=NC1C=CNC(=O)N1. The molecule has 0 fully saturated rings. The second-order valence-corrected chi connectivity index (χ2v) is 1.65. The lowest BCUT2D eigenvalue weighted by atomic mass is 10.4. The van der Waals surface area contributed by atoms with E-state index in [1.54, 1.807) is 6.08 Å². The first kappa shape index (κ1) is 6.53. The van der Waals surface area contributed by atoms with Crippen molar-refractivity contribution < 1.29 is 4.79 Å². The zero-order valence-electron chi connectivity index (χ0n) is 5.11. The number of carbonyl (C=O) groups is 1. The van der Waals surface area contributed by atoms with Gasteiger partial charge in [-0.05, 0) is 6.08 Å². The molecule has 0 spiro atoms. The summed E-state index contributed by atoms with van der Waals surface area (Å²) in [4.78, 5) is 10.5. The zero-order valence-corrected chi connectivity index (χ0v) is 5.11. The van der Waals surface area contributed by atoms with E-state index in [0.717, 1.165) is 0 Å². The Morgan fingerprint density at radius 3 is 3.10 bits per heavy atom. The van der Waals surface area contributed by atoms with Gasteiger partial charge >= 0.3 is 6.03 Å². The molecule has 1 atom stereocenters. The Hall–Kier alpha value is -1.59. The third-order valence-electron chi connectivity index (χ3n) is 0.963. The Morgan fingerprint density at radius 1 is 1.70 bits per heavy atom. The molecule has 54 valence electrons. The van der Waals surface area contributed by atoms with E-state index in [1.807, 2.05) is 0 Å². The van der Waals surface area contributed by atoms with E-state index in [2.05, 4.69) is 21.0 Å². The summed E-state index contributed by atoms with van der Waals surface area (Å²) >= 11 is 0. The molecule has 0 saturated carbocycles. The molecule has 1 aliphatic rings. The van der Waals surface area contributed by atoms with Crippen molar-refractivity contribution in [2.45, 2.75) is 6.17 Å². The zero-order chi connectivity index (χ0) is 7.40. The highest BCUT2D eigenvalue weighted by Gasteiger charge is 2.09. The Kier molecular flexibility index (Phi) is 1.83. The molecule has 1 heterocycles. The highest BCUT2D eigenvalue weighted by Crippen LogP contribution is 1.92. The van der Waals surface area contributed by atoms with Crippen LogP contribution in [0.4, 0.5) is 4.79 Å². The molecule has 0 bridgehead atoms. The number of nitrogens with two attached hydrogens (primary N) is 1. The van der Waals surface area contributed by atoms with Gasteiger partial charge in [0.15, 0.2) is 6.17 Å². The third kappa shape index (κ3) is 1.44. The lowest BCUT2D eigenvalue weighted by molar-refractivity contribution is 0.240. The van der Waals surface area contributed by atoms with Crippen molar-refractivity contribution in [1.82, 2.24) is 10.6 Å². The molecule has 1 unspecified atom stereocenters. The van der Waals surface area contributed by atoms with Crippen LogP contribution in [0, 0.1) is 0 Å². The van der Waals surface area contributed by atoms with Crippen LogP contribution in [0.1, 0.15) is 0 Å². The van der Waals surface area contributed by atoms with Crippen LogP contribution in [0.15, 0.2) is 22.6 Å². The maximum Gasteiger partial charge on any atom is 0.320 e. The molecule has 1 rings (SSSR count). The van der Waals surface area contributed by atoms with Crippen molar-refractivity contribution in [2.24, 2.45) is 16.2 Å². The standard InChI is InChI=1S/C4H7N5O/c5-9-8-3-1-2-6-4(10)7-3/h1-3H,(H2,5,8)(H2,6,7,10). The minimum absolute atomic E-state index is 0.306. The van der Waals surface area contributed by atoms with E-state index >= 15 is 0 Å². The molecule has 6 heteroatoms. The molecule has 0 aromatic carbocycles. The molecule has 0 aromatic rings. The maximum atomic E-state index is 10.5. The van der Waals surface area contributed by atoms with Crippen molar-refractivity contribution in [2.75, 3.05) is 0 Å². The molecule has 0 saturated heterocycles. The number of rotatable bonds is 1. The van der Waals surface area contributed by atoms with Crippen molar-refractivity contribution in [1.29, 1.82) is 0 Å². The summed E-state index contributed by atoms with van der Waals surface area (Å²) in [5.41, 5.74) is 0. The Morgan fingerprint density at radius 2 is 2.50 bits per heavy atom. The first-order valence-corrected chi connectivity index (χ1v) is 2.66. The van der Waals surface area contributed by atoms with Crippen LogP contribution in [0.2, 0.25) is 0 Å². The van der Waals surface area contributed by atoms with Gasteiger partial charge in [0.1, 0.15) is 0 Å². The van der Waals surface area contributed by atoms with Gasteiger partial charge in [-0.2, -0.15) is 0 Å². The monoisotopic (exact) mass is 141 g/mol. The van der Waals surface area contributed by atoms with Gasteiger partial charge < -0.3 is 16.5 Å². The summed E-state index contributed by atoms with van der Waals surface area (Å²) in [6.07, 6.45) is 2.68. The van der Waals surface area contributed by atoms with E-state index in [0.29, 0.717) is 0 Å². The van der Waals surface area contributed by atoms with Gasteiger partial charge in [-0.1, -0.05) is 5.22 Å². The van der Waals surface area contributed by atoms with Gasteiger partial charge in [0, 0.05) is 6.20 Å². The molecule has 0 aliphatic carbocycles. The van der Waals surface area contributed by atoms with Crippen LogP contribution >= 0.6 is 0 Å². The fourth-order valence-electron chi connectivity index (χ4n) is 0.578. The van der Waals surface area contributed by atoms with E-state index < -0.39 is 6.17 Å². The first-order chi connectivity index (χ1) is 4.83. The summed E-state index contributed by atoms with van der Waals surface area (Å²) in [6, 6.07) is -0.306. The van der Waals surface area contributed by atoms with Crippen LogP contribution in [0.25, 0.3) is 0 Å². The van der Waals surface area contributed by atoms with E-state index in [-0.39, 0.29) is 6.03 Å². The number of carbonyl (C=O) groups excluding carboxylic acids is 1. The van der Waals surface area contributed by atoms with Crippen LogP contribution in [-0.2, 0) is 0 Å². The number of nitrogens with zero attached hydrogens (tertiary/aromatic N) is 2.